The number of benzene rings is 3. The predicted octanol–water partition coefficient (Wildman–Crippen LogP) is 6.14. The summed E-state index contributed by atoms with van der Waals surface area (Å²) < 4.78 is 17.8. The maximum Gasteiger partial charge on any atom is 0.266 e. The lowest BCUT2D eigenvalue weighted by atomic mass is 10.1. The molecule has 3 rings (SSSR count). The van der Waals surface area contributed by atoms with Gasteiger partial charge in [-0.25, -0.2) is 0 Å². The van der Waals surface area contributed by atoms with E-state index in [9.17, 15) is 10.1 Å². The van der Waals surface area contributed by atoms with E-state index in [2.05, 4.69) is 33.8 Å². The monoisotopic (exact) mass is 592 g/mol. The van der Waals surface area contributed by atoms with Crippen molar-refractivity contribution in [3.8, 4) is 35.7 Å². The maximum atomic E-state index is 12.8. The molecule has 36 heavy (non-hydrogen) atoms. The lowest BCUT2D eigenvalue weighted by Crippen LogP contribution is -2.13. The molecule has 0 atom stereocenters. The Kier molecular flexibility index (Phi) is 9.79. The molecule has 0 saturated heterocycles. The molecule has 0 bridgehead atoms. The highest BCUT2D eigenvalue weighted by Crippen LogP contribution is 2.35. The molecule has 0 aromatic heterocycles. The number of hydrogen-bond donors (Lipinski definition) is 1. The van der Waals surface area contributed by atoms with E-state index in [1.807, 2.05) is 44.2 Å². The minimum Gasteiger partial charge on any atom is -0.490 e. The van der Waals surface area contributed by atoms with E-state index >= 15 is 0 Å². The number of carbonyl (C=O) groups excluding carboxylic acids is 1. The van der Waals surface area contributed by atoms with Gasteiger partial charge in [0.2, 0.25) is 0 Å². The molecule has 0 unspecified atom stereocenters. The Morgan fingerprint density at radius 3 is 2.44 bits per heavy atom. The van der Waals surface area contributed by atoms with Crippen LogP contribution in [0.15, 0.2) is 66.2 Å². The number of carbonyl (C=O) groups is 1. The third kappa shape index (κ3) is 7.53. The van der Waals surface area contributed by atoms with Gasteiger partial charge in [-0.2, -0.15) is 5.26 Å². The van der Waals surface area contributed by atoms with Crippen LogP contribution in [-0.2, 0) is 11.4 Å². The van der Waals surface area contributed by atoms with Gasteiger partial charge in [-0.15, -0.1) is 6.42 Å². The first-order valence-corrected chi connectivity index (χ1v) is 12.3. The number of amides is 1. The quantitative estimate of drug-likeness (QED) is 0.133. The van der Waals surface area contributed by atoms with Crippen LogP contribution < -0.4 is 19.5 Å². The van der Waals surface area contributed by atoms with Gasteiger partial charge in [0, 0.05) is 5.69 Å². The first-order valence-electron chi connectivity index (χ1n) is 11.2. The van der Waals surface area contributed by atoms with Crippen molar-refractivity contribution in [3.63, 3.8) is 0 Å². The highest BCUT2D eigenvalue weighted by molar-refractivity contribution is 14.1. The largest absolute Gasteiger partial charge is 0.490 e. The topological polar surface area (TPSA) is 80.6 Å². The number of nitrogens with zero attached hydrogens (tertiary/aromatic N) is 1. The molecule has 0 spiro atoms. The lowest BCUT2D eigenvalue weighted by Gasteiger charge is -2.13. The van der Waals surface area contributed by atoms with Gasteiger partial charge in [-0.3, -0.25) is 4.79 Å². The summed E-state index contributed by atoms with van der Waals surface area (Å²) >= 11 is 2.10. The van der Waals surface area contributed by atoms with Crippen molar-refractivity contribution in [1.82, 2.24) is 0 Å². The molecule has 0 saturated carbocycles. The average molecular weight is 592 g/mol. The van der Waals surface area contributed by atoms with E-state index in [0.717, 1.165) is 9.13 Å². The summed E-state index contributed by atoms with van der Waals surface area (Å²) in [6.07, 6.45) is 6.80. The van der Waals surface area contributed by atoms with E-state index in [0.29, 0.717) is 41.7 Å². The first kappa shape index (κ1) is 26.7. The van der Waals surface area contributed by atoms with Gasteiger partial charge in [0.1, 0.15) is 30.6 Å². The van der Waals surface area contributed by atoms with Gasteiger partial charge in [0.05, 0.1) is 10.2 Å². The molecule has 0 radical (unpaired) electrons. The summed E-state index contributed by atoms with van der Waals surface area (Å²) in [5, 5.41) is 12.4. The molecule has 1 N–H and O–H groups in total. The van der Waals surface area contributed by atoms with Crippen LogP contribution in [-0.4, -0.2) is 19.1 Å². The van der Waals surface area contributed by atoms with Gasteiger partial charge in [0.25, 0.3) is 5.91 Å². The van der Waals surface area contributed by atoms with Crippen LogP contribution in [0.3, 0.4) is 0 Å². The van der Waals surface area contributed by atoms with Gasteiger partial charge in [0.15, 0.2) is 11.5 Å². The second-order valence-electron chi connectivity index (χ2n) is 7.68. The number of hydrogen-bond acceptors (Lipinski definition) is 5. The molecule has 0 aliphatic heterocycles. The van der Waals surface area contributed by atoms with Crippen LogP contribution in [0, 0.1) is 34.2 Å². The minimum atomic E-state index is -0.522. The maximum absolute atomic E-state index is 12.8. The van der Waals surface area contributed by atoms with E-state index < -0.39 is 5.91 Å². The van der Waals surface area contributed by atoms with E-state index in [1.54, 1.807) is 36.4 Å². The Labute approximate surface area is 225 Å². The van der Waals surface area contributed by atoms with Crippen LogP contribution in [0.25, 0.3) is 6.08 Å². The summed E-state index contributed by atoms with van der Waals surface area (Å²) in [6, 6.07) is 20.6. The Morgan fingerprint density at radius 1 is 1.08 bits per heavy atom. The number of terminal acetylenes is 1. The molecule has 7 heteroatoms. The highest BCUT2D eigenvalue weighted by Gasteiger charge is 2.14. The van der Waals surface area contributed by atoms with Crippen molar-refractivity contribution in [1.29, 1.82) is 5.26 Å². The zero-order chi connectivity index (χ0) is 25.9. The molecular weight excluding hydrogens is 567 g/mol. The standard InChI is InChI=1S/C29H25IN2O4/c1-4-14-35-28-26(30)16-22(17-27(28)34-5-2)15-23(18-31)29(33)32-24-10-12-25(13-11-24)36-19-21-8-6-20(3)7-9-21/h1,6-13,15-17H,5,14,19H2,2-3H3,(H,32,33)/b23-15+. The molecule has 6 nitrogen and oxygen atoms in total. The molecule has 3 aromatic carbocycles. The Hall–Kier alpha value is -3.95. The van der Waals surface area contributed by atoms with Crippen molar-refractivity contribution in [2.75, 3.05) is 18.5 Å². The predicted molar refractivity (Wildman–Crippen MR) is 149 cm³/mol. The molecule has 1 amide bonds. The average Bonchev–Trinajstić information content (AvgIpc) is 2.87. The van der Waals surface area contributed by atoms with Crippen LogP contribution in [0.1, 0.15) is 23.6 Å². The Morgan fingerprint density at radius 2 is 1.81 bits per heavy atom. The molecular formula is C29H25IN2O4. The van der Waals surface area contributed by atoms with Crippen LogP contribution >= 0.6 is 22.6 Å². The van der Waals surface area contributed by atoms with Gasteiger partial charge in [-0.1, -0.05) is 35.7 Å². The Bertz CT molecular complexity index is 1320. The van der Waals surface area contributed by atoms with Crippen LogP contribution in [0.5, 0.6) is 17.2 Å². The number of nitrogens with one attached hydrogen (secondary N) is 1. The molecule has 3 aromatic rings. The fraction of sp³-hybridized carbons (Fsp3) is 0.172. The summed E-state index contributed by atoms with van der Waals surface area (Å²) in [4.78, 5) is 12.8. The molecule has 0 aliphatic carbocycles. The van der Waals surface area contributed by atoms with Crippen molar-refractivity contribution in [2.45, 2.75) is 20.5 Å². The van der Waals surface area contributed by atoms with E-state index in [4.69, 9.17) is 20.6 Å². The fourth-order valence-electron chi connectivity index (χ4n) is 3.19. The third-order valence-electron chi connectivity index (χ3n) is 4.95. The van der Waals surface area contributed by atoms with Crippen molar-refractivity contribution in [2.24, 2.45) is 0 Å². The SMILES string of the molecule is C#CCOc1c(I)cc(/C=C(\C#N)C(=O)Nc2ccc(OCc3ccc(C)cc3)cc2)cc1OCC. The number of halogens is 1. The summed E-state index contributed by atoms with van der Waals surface area (Å²) in [5.74, 6) is 3.60. The minimum absolute atomic E-state index is 0.0507. The summed E-state index contributed by atoms with van der Waals surface area (Å²) in [6.45, 7) is 4.87. The number of rotatable bonds is 10. The zero-order valence-electron chi connectivity index (χ0n) is 20.0. The van der Waals surface area contributed by atoms with Crippen molar-refractivity contribution >= 4 is 40.3 Å². The zero-order valence-corrected chi connectivity index (χ0v) is 22.2. The van der Waals surface area contributed by atoms with Gasteiger partial charge >= 0.3 is 0 Å². The van der Waals surface area contributed by atoms with Crippen molar-refractivity contribution < 1.29 is 19.0 Å². The smallest absolute Gasteiger partial charge is 0.266 e. The normalized spacial score (nSPS) is 10.6. The highest BCUT2D eigenvalue weighted by atomic mass is 127. The van der Waals surface area contributed by atoms with E-state index in [-0.39, 0.29) is 12.2 Å². The van der Waals surface area contributed by atoms with Gasteiger partial charge < -0.3 is 19.5 Å². The summed E-state index contributed by atoms with van der Waals surface area (Å²) in [5.41, 5.74) is 3.39. The van der Waals surface area contributed by atoms with E-state index in [1.165, 1.54) is 11.6 Å². The van der Waals surface area contributed by atoms with Crippen LogP contribution in [0.4, 0.5) is 5.69 Å². The fourth-order valence-corrected chi connectivity index (χ4v) is 3.97. The molecule has 0 aliphatic rings. The number of ether oxygens (including phenoxy) is 3. The number of aryl methyl sites for hydroxylation is 1. The third-order valence-corrected chi connectivity index (χ3v) is 5.75. The van der Waals surface area contributed by atoms with Crippen LogP contribution in [0.2, 0.25) is 0 Å². The molecule has 0 heterocycles. The molecule has 0 fully saturated rings. The summed E-state index contributed by atoms with van der Waals surface area (Å²) in [7, 11) is 0. The number of nitriles is 1. The molecule has 182 valence electrons. The first-order chi connectivity index (χ1) is 17.4. The Balaban J connectivity index is 1.69. The van der Waals surface area contributed by atoms with Crippen molar-refractivity contribution in [3.05, 3.63) is 86.5 Å². The lowest BCUT2D eigenvalue weighted by molar-refractivity contribution is -0.112. The number of anilines is 1. The van der Waals surface area contributed by atoms with Gasteiger partial charge in [-0.05, 0) is 90.0 Å². The second-order valence-corrected chi connectivity index (χ2v) is 8.84. The second kappa shape index (κ2) is 13.2.